The van der Waals surface area contributed by atoms with Gasteiger partial charge in [-0.3, -0.25) is 14.4 Å². The summed E-state index contributed by atoms with van der Waals surface area (Å²) in [5.41, 5.74) is 1.72. The fourth-order valence-electron chi connectivity index (χ4n) is 2.31. The van der Waals surface area contributed by atoms with Gasteiger partial charge in [0, 0.05) is 20.1 Å². The van der Waals surface area contributed by atoms with Crippen LogP contribution in [0.15, 0.2) is 10.6 Å². The summed E-state index contributed by atoms with van der Waals surface area (Å²) in [7, 11) is 1.51. The minimum atomic E-state index is -0.391. The Morgan fingerprint density at radius 1 is 1.52 bits per heavy atom. The Kier molecular flexibility index (Phi) is 3.67. The van der Waals surface area contributed by atoms with E-state index in [1.165, 1.54) is 7.05 Å². The maximum atomic E-state index is 11.4. The summed E-state index contributed by atoms with van der Waals surface area (Å²) in [6.45, 7) is 2.68. The van der Waals surface area contributed by atoms with Gasteiger partial charge in [-0.25, -0.2) is 0 Å². The van der Waals surface area contributed by atoms with Gasteiger partial charge in [0.1, 0.15) is 0 Å². The fraction of sp³-hybridized carbons (Fsp3) is 0.500. The number of nitrogens with zero attached hydrogens (tertiary/aromatic N) is 5. The molecule has 0 aliphatic carbocycles. The summed E-state index contributed by atoms with van der Waals surface area (Å²) in [5, 5.41) is 19.6. The molecular weight excluding hydrogens is 276 g/mol. The molecule has 0 aromatic carbocycles. The minimum absolute atomic E-state index is 0.0304. The van der Waals surface area contributed by atoms with Crippen LogP contribution in [0.3, 0.4) is 0 Å². The molecule has 0 spiro atoms. The van der Waals surface area contributed by atoms with E-state index in [0.717, 1.165) is 18.8 Å². The molecule has 0 bridgehead atoms. The normalized spacial score (nSPS) is 15.0. The second-order valence-electron chi connectivity index (χ2n) is 4.81. The van der Waals surface area contributed by atoms with E-state index in [1.807, 2.05) is 10.7 Å². The van der Waals surface area contributed by atoms with E-state index >= 15 is 0 Å². The highest BCUT2D eigenvalue weighted by molar-refractivity contribution is 5.89. The predicted molar refractivity (Wildman–Crippen MR) is 70.0 cm³/mol. The van der Waals surface area contributed by atoms with Crippen molar-refractivity contribution in [1.82, 2.24) is 30.1 Å². The lowest BCUT2D eigenvalue weighted by molar-refractivity contribution is 0.0919. The van der Waals surface area contributed by atoms with Crippen LogP contribution in [0.4, 0.5) is 0 Å². The third kappa shape index (κ3) is 2.78. The first-order valence-corrected chi connectivity index (χ1v) is 6.63. The molecule has 1 amide bonds. The lowest BCUT2D eigenvalue weighted by Gasteiger charge is -2.26. The van der Waals surface area contributed by atoms with Gasteiger partial charge in [-0.15, -0.1) is 0 Å². The van der Waals surface area contributed by atoms with E-state index in [4.69, 9.17) is 9.63 Å². The lowest BCUT2D eigenvalue weighted by Crippen LogP contribution is -2.33. The van der Waals surface area contributed by atoms with Gasteiger partial charge in [0.05, 0.1) is 31.1 Å². The Bertz CT molecular complexity index is 649. The Hall–Kier alpha value is -2.26. The summed E-state index contributed by atoms with van der Waals surface area (Å²) in [5.74, 6) is 0.0547. The average molecular weight is 292 g/mol. The highest BCUT2D eigenvalue weighted by Gasteiger charge is 2.21. The zero-order valence-electron chi connectivity index (χ0n) is 11.6. The van der Waals surface area contributed by atoms with Crippen molar-refractivity contribution in [3.8, 4) is 0 Å². The highest BCUT2D eigenvalue weighted by atomic mass is 16.5. The molecule has 3 heterocycles. The highest BCUT2D eigenvalue weighted by Crippen LogP contribution is 2.15. The monoisotopic (exact) mass is 292 g/mol. The number of aromatic nitrogens is 4. The molecule has 2 aromatic heterocycles. The first-order chi connectivity index (χ1) is 10.2. The van der Waals surface area contributed by atoms with Gasteiger partial charge >= 0.3 is 11.8 Å². The van der Waals surface area contributed by atoms with Crippen LogP contribution in [-0.2, 0) is 26.2 Å². The van der Waals surface area contributed by atoms with Crippen LogP contribution < -0.4 is 5.32 Å². The van der Waals surface area contributed by atoms with Crippen LogP contribution in [0.2, 0.25) is 0 Å². The van der Waals surface area contributed by atoms with Gasteiger partial charge in [-0.1, -0.05) is 5.16 Å². The molecule has 0 saturated heterocycles. The Labute approximate surface area is 120 Å². The van der Waals surface area contributed by atoms with Crippen LogP contribution in [0.1, 0.15) is 27.9 Å². The summed E-state index contributed by atoms with van der Waals surface area (Å²) >= 11 is 0. The molecule has 0 unspecified atom stereocenters. The molecule has 9 nitrogen and oxygen atoms in total. The molecule has 112 valence electrons. The number of carbonyl (C=O) groups excluding carboxylic acids is 1. The molecule has 0 radical (unpaired) electrons. The number of hydrogen-bond acceptors (Lipinski definition) is 7. The average Bonchev–Trinajstić information content (AvgIpc) is 3.12. The van der Waals surface area contributed by atoms with Crippen molar-refractivity contribution in [2.75, 3.05) is 13.6 Å². The topological polar surface area (TPSA) is 109 Å². The van der Waals surface area contributed by atoms with Crippen LogP contribution in [0, 0.1) is 0 Å². The quantitative estimate of drug-likeness (QED) is 0.754. The van der Waals surface area contributed by atoms with Gasteiger partial charge in [0.25, 0.3) is 0 Å². The maximum Gasteiger partial charge on any atom is 0.315 e. The van der Waals surface area contributed by atoms with E-state index in [9.17, 15) is 4.79 Å². The molecule has 0 saturated carbocycles. The zero-order chi connectivity index (χ0) is 14.8. The number of rotatable bonds is 4. The molecule has 3 rings (SSSR count). The van der Waals surface area contributed by atoms with E-state index < -0.39 is 5.91 Å². The molecule has 21 heavy (non-hydrogen) atoms. The maximum absolute atomic E-state index is 11.4. The van der Waals surface area contributed by atoms with E-state index in [1.54, 1.807) is 0 Å². The van der Waals surface area contributed by atoms with Gasteiger partial charge in [0.15, 0.2) is 5.82 Å². The lowest BCUT2D eigenvalue weighted by atomic mass is 10.3. The van der Waals surface area contributed by atoms with Crippen LogP contribution in [-0.4, -0.2) is 49.4 Å². The van der Waals surface area contributed by atoms with Crippen molar-refractivity contribution in [2.45, 2.75) is 26.2 Å². The second-order valence-corrected chi connectivity index (χ2v) is 4.81. The standard InChI is InChI=1S/C12H16N6O3/c1-13-11(20)12-14-10(16-21-12)6-17-2-3-18-9(5-17)4-8(7-19)15-18/h4,19H,2-3,5-7H2,1H3,(H,13,20). The SMILES string of the molecule is CNC(=O)c1nc(CN2CCn3nc(CO)cc3C2)no1. The van der Waals surface area contributed by atoms with Crippen molar-refractivity contribution < 1.29 is 14.4 Å². The van der Waals surface area contributed by atoms with Crippen LogP contribution in [0.25, 0.3) is 0 Å². The smallest absolute Gasteiger partial charge is 0.315 e. The van der Waals surface area contributed by atoms with Crippen molar-refractivity contribution >= 4 is 5.91 Å². The van der Waals surface area contributed by atoms with Gasteiger partial charge in [-0.05, 0) is 6.07 Å². The van der Waals surface area contributed by atoms with Crippen molar-refractivity contribution in [1.29, 1.82) is 0 Å². The second kappa shape index (κ2) is 5.62. The van der Waals surface area contributed by atoms with Crippen molar-refractivity contribution in [3.05, 3.63) is 29.2 Å². The summed E-state index contributed by atoms with van der Waals surface area (Å²) in [4.78, 5) is 17.6. The number of nitrogens with one attached hydrogen (secondary N) is 1. The van der Waals surface area contributed by atoms with Crippen LogP contribution in [0.5, 0.6) is 0 Å². The van der Waals surface area contributed by atoms with Gasteiger partial charge in [-0.2, -0.15) is 10.1 Å². The predicted octanol–water partition coefficient (Wildman–Crippen LogP) is -0.866. The third-order valence-electron chi connectivity index (χ3n) is 3.34. The molecule has 9 heteroatoms. The summed E-state index contributed by atoms with van der Waals surface area (Å²) in [6.07, 6.45) is 0. The first kappa shape index (κ1) is 13.7. The molecule has 2 aromatic rings. The van der Waals surface area contributed by atoms with Gasteiger partial charge in [0.2, 0.25) is 0 Å². The fourth-order valence-corrected chi connectivity index (χ4v) is 2.31. The number of fused-ring (bicyclic) bond motifs is 1. The number of hydrogen-bond donors (Lipinski definition) is 2. The number of aliphatic hydroxyl groups is 1. The van der Waals surface area contributed by atoms with E-state index in [-0.39, 0.29) is 12.5 Å². The largest absolute Gasteiger partial charge is 0.390 e. The van der Waals surface area contributed by atoms with E-state index in [2.05, 4.69) is 25.5 Å². The summed E-state index contributed by atoms with van der Waals surface area (Å²) in [6, 6.07) is 1.89. The molecule has 1 aliphatic rings. The number of carbonyl (C=O) groups is 1. The molecule has 0 fully saturated rings. The Morgan fingerprint density at radius 3 is 3.14 bits per heavy atom. The van der Waals surface area contributed by atoms with E-state index in [0.29, 0.717) is 24.6 Å². The van der Waals surface area contributed by atoms with Crippen LogP contribution >= 0.6 is 0 Å². The van der Waals surface area contributed by atoms with Crippen molar-refractivity contribution in [2.24, 2.45) is 0 Å². The molecule has 0 atom stereocenters. The minimum Gasteiger partial charge on any atom is -0.390 e. The van der Waals surface area contributed by atoms with Gasteiger partial charge < -0.3 is 14.9 Å². The Balaban J connectivity index is 1.66. The third-order valence-corrected chi connectivity index (χ3v) is 3.34. The molecular formula is C12H16N6O3. The Morgan fingerprint density at radius 2 is 2.38 bits per heavy atom. The zero-order valence-corrected chi connectivity index (χ0v) is 11.6. The molecule has 2 N–H and O–H groups in total. The number of aliphatic hydroxyl groups excluding tert-OH is 1. The first-order valence-electron chi connectivity index (χ1n) is 6.63. The summed E-state index contributed by atoms with van der Waals surface area (Å²) < 4.78 is 6.80. The van der Waals surface area contributed by atoms with Crippen molar-refractivity contribution in [3.63, 3.8) is 0 Å². The molecule has 1 aliphatic heterocycles. The number of amides is 1.